The van der Waals surface area contributed by atoms with Crippen LogP contribution >= 0.6 is 15.6 Å². The number of imidazole rings is 1. The number of hydrogen-bond acceptors (Lipinski definition) is 14. The van der Waals surface area contributed by atoms with Crippen molar-refractivity contribution < 1.29 is 111 Å². The minimum absolute atomic E-state index is 0. The third-order valence-electron chi connectivity index (χ3n) is 4.16. The fraction of sp³-hybridized carbons (Fsp3) is 0.615. The van der Waals surface area contributed by atoms with E-state index in [1.54, 1.807) is 0 Å². The molecule has 16 nitrogen and oxygen atoms in total. The number of phosphoric ester groups is 2. The van der Waals surface area contributed by atoms with Gasteiger partial charge in [0.2, 0.25) is 5.95 Å². The Morgan fingerprint density at radius 3 is 2.58 bits per heavy atom. The SMILES string of the molecule is CCOP(=O)(O)O[C@H]1[C@@H](O)[C@H](n2cnc3c([O-])nc(N)nc32)O[C@@H]1COP(=O)([O-])OC.[Na+].[Na+]. The molecule has 1 aliphatic rings. The standard InChI is InChI=1S/C13H21N5O11P2.2Na/c1-3-26-31(23,24)29-9-6(4-27-30(21,22)25-2)28-12(8(9)19)18-5-15-7-10(18)16-13(14)17-11(7)20;;/h5-6,8-9,12,19H,3-4H2,1-2H3,(H,21,22)(H,23,24)(H3,14,16,17,20);;/q;2*+1/p-2/t6-,8-,9-,12-;;/m1../s1. The van der Waals surface area contributed by atoms with Crippen LogP contribution < -0.4 is 74.8 Å². The maximum atomic E-state index is 12.1. The number of phosphoric acid groups is 2. The predicted molar refractivity (Wildman–Crippen MR) is 96.0 cm³/mol. The Bertz CT molecular complexity index is 1050. The van der Waals surface area contributed by atoms with Gasteiger partial charge in [-0.15, -0.1) is 0 Å². The molecule has 2 unspecified atom stereocenters. The zero-order valence-corrected chi connectivity index (χ0v) is 23.9. The van der Waals surface area contributed by atoms with Gasteiger partial charge >= 0.3 is 66.9 Å². The van der Waals surface area contributed by atoms with Crippen LogP contribution in [0.5, 0.6) is 5.88 Å². The van der Waals surface area contributed by atoms with Crippen molar-refractivity contribution in [2.75, 3.05) is 26.1 Å². The summed E-state index contributed by atoms with van der Waals surface area (Å²) in [4.78, 5) is 32.5. The third kappa shape index (κ3) is 7.40. The summed E-state index contributed by atoms with van der Waals surface area (Å²) in [5, 5.41) is 22.7. The Morgan fingerprint density at radius 2 is 1.97 bits per heavy atom. The molecule has 0 saturated carbocycles. The molecule has 0 aromatic carbocycles. The molecule has 6 atom stereocenters. The van der Waals surface area contributed by atoms with E-state index in [-0.39, 0.29) is 82.8 Å². The second-order valence-corrected chi connectivity index (χ2v) is 9.07. The van der Waals surface area contributed by atoms with Gasteiger partial charge in [-0.1, -0.05) is 0 Å². The zero-order valence-electron chi connectivity index (χ0n) is 18.1. The van der Waals surface area contributed by atoms with Gasteiger partial charge in [0.25, 0.3) is 7.82 Å². The molecular formula is C13H19N5Na2O11P2. The molecule has 1 fully saturated rings. The first-order valence-electron chi connectivity index (χ1n) is 8.65. The van der Waals surface area contributed by atoms with Crippen LogP contribution in [-0.4, -0.2) is 68.2 Å². The summed E-state index contributed by atoms with van der Waals surface area (Å²) in [6, 6.07) is 0. The van der Waals surface area contributed by atoms with Crippen LogP contribution in [0.25, 0.3) is 11.2 Å². The number of rotatable bonds is 9. The number of ether oxygens (including phenoxy) is 1. The number of anilines is 1. The average molecular weight is 529 g/mol. The third-order valence-corrected chi connectivity index (χ3v) is 6.16. The van der Waals surface area contributed by atoms with E-state index in [9.17, 15) is 29.1 Å². The van der Waals surface area contributed by atoms with Gasteiger partial charge in [-0.05, 0) is 6.92 Å². The molecule has 33 heavy (non-hydrogen) atoms. The number of nitrogen functional groups attached to an aromatic ring is 1. The molecule has 174 valence electrons. The van der Waals surface area contributed by atoms with Crippen LogP contribution in [0.15, 0.2) is 6.33 Å². The summed E-state index contributed by atoms with van der Waals surface area (Å²) in [6.07, 6.45) is -4.93. The summed E-state index contributed by atoms with van der Waals surface area (Å²) < 4.78 is 48.8. The van der Waals surface area contributed by atoms with Crippen molar-refractivity contribution in [2.45, 2.75) is 31.5 Å². The Labute approximate surface area is 231 Å². The van der Waals surface area contributed by atoms with E-state index < -0.39 is 52.7 Å². The fourth-order valence-electron chi connectivity index (χ4n) is 2.87. The van der Waals surface area contributed by atoms with Crippen molar-refractivity contribution in [3.05, 3.63) is 6.33 Å². The summed E-state index contributed by atoms with van der Waals surface area (Å²) in [5.41, 5.74) is 5.22. The molecule has 1 saturated heterocycles. The quantitative estimate of drug-likeness (QED) is 0.202. The number of aromatic nitrogens is 4. The number of aliphatic hydroxyl groups is 1. The van der Waals surface area contributed by atoms with Crippen molar-refractivity contribution in [2.24, 2.45) is 0 Å². The van der Waals surface area contributed by atoms with Gasteiger partial charge in [0, 0.05) is 13.0 Å². The molecule has 0 aliphatic carbocycles. The van der Waals surface area contributed by atoms with Crippen LogP contribution in [-0.2, 0) is 32.0 Å². The minimum atomic E-state index is -4.70. The number of fused-ring (bicyclic) bond motifs is 1. The van der Waals surface area contributed by atoms with Crippen molar-refractivity contribution in [1.82, 2.24) is 19.5 Å². The molecule has 2 aromatic heterocycles. The van der Waals surface area contributed by atoms with Gasteiger partial charge in [0.1, 0.15) is 23.8 Å². The van der Waals surface area contributed by atoms with E-state index in [1.807, 2.05) is 0 Å². The van der Waals surface area contributed by atoms with Crippen LogP contribution in [0.4, 0.5) is 5.95 Å². The number of nitrogens with two attached hydrogens (primary N) is 1. The largest absolute Gasteiger partial charge is 1.00 e. The van der Waals surface area contributed by atoms with E-state index in [0.29, 0.717) is 0 Å². The fourth-order valence-corrected chi connectivity index (χ4v) is 4.26. The van der Waals surface area contributed by atoms with E-state index in [2.05, 4.69) is 28.5 Å². The van der Waals surface area contributed by atoms with E-state index in [0.717, 1.165) is 18.0 Å². The average Bonchev–Trinajstić information content (AvgIpc) is 3.22. The summed E-state index contributed by atoms with van der Waals surface area (Å²) in [7, 11) is -8.48. The molecule has 4 N–H and O–H groups in total. The Balaban J connectivity index is 0.00000272. The van der Waals surface area contributed by atoms with Gasteiger partial charge in [0.05, 0.1) is 19.5 Å². The van der Waals surface area contributed by atoms with E-state index >= 15 is 0 Å². The Hall–Kier alpha value is 0.290. The van der Waals surface area contributed by atoms with Crippen LogP contribution in [0.2, 0.25) is 0 Å². The number of nitrogens with zero attached hydrogens (tertiary/aromatic N) is 4. The summed E-state index contributed by atoms with van der Waals surface area (Å²) >= 11 is 0. The normalized spacial score (nSPS) is 26.2. The van der Waals surface area contributed by atoms with Gasteiger partial charge in [-0.3, -0.25) is 18.2 Å². The Kier molecular flexibility index (Phi) is 11.9. The second-order valence-electron chi connectivity index (χ2n) is 6.15. The van der Waals surface area contributed by atoms with Crippen molar-refractivity contribution in [3.8, 4) is 5.88 Å². The predicted octanol–water partition coefficient (Wildman–Crippen LogP) is -7.60. The monoisotopic (exact) mass is 529 g/mol. The molecule has 20 heteroatoms. The van der Waals surface area contributed by atoms with Crippen LogP contribution in [0, 0.1) is 0 Å². The molecule has 3 rings (SSSR count). The summed E-state index contributed by atoms with van der Waals surface area (Å²) in [6.45, 7) is 0.511. The molecule has 0 amide bonds. The van der Waals surface area contributed by atoms with Gasteiger partial charge < -0.3 is 39.5 Å². The first-order chi connectivity index (χ1) is 14.5. The molecule has 3 heterocycles. The van der Waals surface area contributed by atoms with Crippen LogP contribution in [0.3, 0.4) is 0 Å². The zero-order chi connectivity index (χ0) is 23.0. The molecular weight excluding hydrogens is 510 g/mol. The Morgan fingerprint density at radius 1 is 1.30 bits per heavy atom. The van der Waals surface area contributed by atoms with Crippen molar-refractivity contribution in [3.63, 3.8) is 0 Å². The number of hydrogen-bond donors (Lipinski definition) is 3. The van der Waals surface area contributed by atoms with Crippen molar-refractivity contribution in [1.29, 1.82) is 0 Å². The smallest absolute Gasteiger partial charge is 0.857 e. The summed E-state index contributed by atoms with van der Waals surface area (Å²) in [5.74, 6) is -1.13. The molecule has 0 bridgehead atoms. The molecule has 0 radical (unpaired) electrons. The van der Waals surface area contributed by atoms with Gasteiger partial charge in [0.15, 0.2) is 11.9 Å². The van der Waals surface area contributed by atoms with Crippen molar-refractivity contribution >= 4 is 32.8 Å². The molecule has 1 aliphatic heterocycles. The van der Waals surface area contributed by atoms with Gasteiger partial charge in [-0.25, -0.2) is 14.5 Å². The van der Waals surface area contributed by atoms with Crippen LogP contribution in [0.1, 0.15) is 13.2 Å². The van der Waals surface area contributed by atoms with Gasteiger partial charge in [-0.2, -0.15) is 4.98 Å². The second kappa shape index (κ2) is 12.5. The number of aliphatic hydroxyl groups excluding tert-OH is 1. The molecule has 2 aromatic rings. The molecule has 0 spiro atoms. The van der Waals surface area contributed by atoms with E-state index in [1.165, 1.54) is 6.92 Å². The maximum absolute atomic E-state index is 12.1. The maximum Gasteiger partial charge on any atom is 1.00 e. The first-order valence-corrected chi connectivity index (χ1v) is 11.6. The minimum Gasteiger partial charge on any atom is -0.857 e. The topological polar surface area (TPSA) is 236 Å². The van der Waals surface area contributed by atoms with E-state index in [4.69, 9.17) is 15.0 Å². The first kappa shape index (κ1) is 31.3.